The van der Waals surface area contributed by atoms with Crippen LogP contribution in [0.5, 0.6) is 0 Å². The van der Waals surface area contributed by atoms with Gasteiger partial charge in [0.1, 0.15) is 0 Å². The number of nitrogens with one attached hydrogen (secondary N) is 1. The number of carbonyl (C=O) groups excluding carboxylic acids is 1. The van der Waals surface area contributed by atoms with E-state index < -0.39 is 0 Å². The molecule has 0 saturated carbocycles. The summed E-state index contributed by atoms with van der Waals surface area (Å²) >= 11 is 0. The van der Waals surface area contributed by atoms with E-state index in [1.54, 1.807) is 0 Å². The van der Waals surface area contributed by atoms with Crippen molar-refractivity contribution in [3.63, 3.8) is 0 Å². The Balaban J connectivity index is 3.78. The molecule has 0 aliphatic heterocycles. The molecular formula is C11H23NO2. The van der Waals surface area contributed by atoms with Gasteiger partial charge in [-0.3, -0.25) is 4.79 Å². The van der Waals surface area contributed by atoms with Gasteiger partial charge < -0.3 is 10.4 Å². The fraction of sp³-hybridized carbons (Fsp3) is 0.909. The molecule has 3 heteroatoms. The Kier molecular flexibility index (Phi) is 7.48. The maximum atomic E-state index is 11.5. The fourth-order valence-electron chi connectivity index (χ4n) is 1.28. The highest BCUT2D eigenvalue weighted by Crippen LogP contribution is 2.06. The summed E-state index contributed by atoms with van der Waals surface area (Å²) in [6.45, 7) is 6.32. The number of amides is 1. The number of hydrogen-bond donors (Lipinski definition) is 2. The quantitative estimate of drug-likeness (QED) is 0.658. The normalized spacial score (nSPS) is 14.9. The lowest BCUT2D eigenvalue weighted by Gasteiger charge is -2.17. The molecule has 1 amide bonds. The van der Waals surface area contributed by atoms with Crippen LogP contribution in [0.3, 0.4) is 0 Å². The van der Waals surface area contributed by atoms with Crippen LogP contribution in [-0.4, -0.2) is 23.7 Å². The molecule has 0 aliphatic rings. The van der Waals surface area contributed by atoms with Gasteiger partial charge in [0, 0.05) is 19.1 Å². The highest BCUT2D eigenvalue weighted by molar-refractivity contribution is 5.76. The minimum absolute atomic E-state index is 0.111. The van der Waals surface area contributed by atoms with Gasteiger partial charge in [-0.05, 0) is 18.8 Å². The van der Waals surface area contributed by atoms with E-state index in [-0.39, 0.29) is 18.6 Å². The monoisotopic (exact) mass is 201 g/mol. The highest BCUT2D eigenvalue weighted by atomic mass is 16.3. The molecule has 2 N–H and O–H groups in total. The van der Waals surface area contributed by atoms with Crippen LogP contribution in [0.1, 0.15) is 46.5 Å². The predicted molar refractivity (Wildman–Crippen MR) is 58.0 cm³/mol. The molecule has 0 saturated heterocycles. The number of hydrogen-bond acceptors (Lipinski definition) is 2. The van der Waals surface area contributed by atoms with Crippen molar-refractivity contribution in [3.05, 3.63) is 0 Å². The summed E-state index contributed by atoms with van der Waals surface area (Å²) in [6.07, 6.45) is 3.16. The summed E-state index contributed by atoms with van der Waals surface area (Å²) in [7, 11) is 0. The summed E-state index contributed by atoms with van der Waals surface area (Å²) in [5.41, 5.74) is 0. The molecule has 0 aromatic heterocycles. The zero-order valence-electron chi connectivity index (χ0n) is 9.55. The zero-order chi connectivity index (χ0) is 11.0. The van der Waals surface area contributed by atoms with Crippen molar-refractivity contribution in [1.82, 2.24) is 5.32 Å². The van der Waals surface area contributed by atoms with Crippen LogP contribution in [-0.2, 0) is 4.79 Å². The molecule has 0 rings (SSSR count). The van der Waals surface area contributed by atoms with Crippen molar-refractivity contribution in [2.45, 2.75) is 52.5 Å². The van der Waals surface area contributed by atoms with Crippen LogP contribution >= 0.6 is 0 Å². The maximum Gasteiger partial charge on any atom is 0.220 e. The molecule has 2 unspecified atom stereocenters. The molecule has 14 heavy (non-hydrogen) atoms. The van der Waals surface area contributed by atoms with Gasteiger partial charge in [-0.15, -0.1) is 0 Å². The lowest BCUT2D eigenvalue weighted by molar-refractivity contribution is -0.122. The van der Waals surface area contributed by atoms with Crippen molar-refractivity contribution >= 4 is 5.91 Å². The molecule has 0 aromatic rings. The zero-order valence-corrected chi connectivity index (χ0v) is 9.55. The van der Waals surface area contributed by atoms with Crippen LogP contribution in [0.25, 0.3) is 0 Å². The average Bonchev–Trinajstić information content (AvgIpc) is 2.16. The van der Waals surface area contributed by atoms with Gasteiger partial charge in [0.05, 0.1) is 0 Å². The van der Waals surface area contributed by atoms with E-state index in [1.165, 1.54) is 0 Å². The predicted octanol–water partition coefficient (Wildman–Crippen LogP) is 1.70. The Hall–Kier alpha value is -0.570. The van der Waals surface area contributed by atoms with Gasteiger partial charge in [0.2, 0.25) is 5.91 Å². The van der Waals surface area contributed by atoms with Gasteiger partial charge in [0.25, 0.3) is 0 Å². The van der Waals surface area contributed by atoms with E-state index in [1.807, 2.05) is 6.92 Å². The van der Waals surface area contributed by atoms with E-state index in [2.05, 4.69) is 19.2 Å². The summed E-state index contributed by atoms with van der Waals surface area (Å²) in [5, 5.41) is 11.7. The van der Waals surface area contributed by atoms with E-state index in [0.717, 1.165) is 12.8 Å². The average molecular weight is 201 g/mol. The first kappa shape index (κ1) is 13.4. The molecule has 0 aromatic carbocycles. The third-order valence-electron chi connectivity index (χ3n) is 2.57. The summed E-state index contributed by atoms with van der Waals surface area (Å²) in [6, 6.07) is 0.136. The second-order valence-corrected chi connectivity index (χ2v) is 3.90. The van der Waals surface area contributed by atoms with Gasteiger partial charge >= 0.3 is 0 Å². The molecule has 0 radical (unpaired) electrons. The van der Waals surface area contributed by atoms with Crippen molar-refractivity contribution in [2.24, 2.45) is 5.92 Å². The molecule has 0 aliphatic carbocycles. The van der Waals surface area contributed by atoms with Crippen LogP contribution < -0.4 is 5.32 Å². The lowest BCUT2D eigenvalue weighted by Crippen LogP contribution is -2.35. The summed E-state index contributed by atoms with van der Waals surface area (Å²) in [5.74, 6) is 0.557. The number of aliphatic hydroxyl groups is 1. The van der Waals surface area contributed by atoms with Crippen molar-refractivity contribution in [2.75, 3.05) is 6.61 Å². The molecule has 0 spiro atoms. The van der Waals surface area contributed by atoms with E-state index in [4.69, 9.17) is 5.11 Å². The van der Waals surface area contributed by atoms with Crippen molar-refractivity contribution in [3.8, 4) is 0 Å². The molecule has 0 fully saturated rings. The molecule has 0 bridgehead atoms. The fourth-order valence-corrected chi connectivity index (χ4v) is 1.28. The first-order valence-corrected chi connectivity index (χ1v) is 5.54. The Morgan fingerprint density at radius 2 is 2.00 bits per heavy atom. The second kappa shape index (κ2) is 7.80. The van der Waals surface area contributed by atoms with Gasteiger partial charge in [-0.1, -0.05) is 27.2 Å². The lowest BCUT2D eigenvalue weighted by atomic mass is 10.0. The molecule has 3 nitrogen and oxygen atoms in total. The molecular weight excluding hydrogens is 178 g/mol. The minimum Gasteiger partial charge on any atom is -0.396 e. The van der Waals surface area contributed by atoms with E-state index in [9.17, 15) is 4.79 Å². The van der Waals surface area contributed by atoms with Gasteiger partial charge in [-0.2, -0.15) is 0 Å². The third kappa shape index (κ3) is 5.97. The van der Waals surface area contributed by atoms with Crippen LogP contribution in [0.2, 0.25) is 0 Å². The Labute approximate surface area is 86.9 Å². The highest BCUT2D eigenvalue weighted by Gasteiger charge is 2.11. The number of aliphatic hydroxyl groups excluding tert-OH is 1. The topological polar surface area (TPSA) is 49.3 Å². The van der Waals surface area contributed by atoms with Crippen LogP contribution in [0, 0.1) is 5.92 Å². The van der Waals surface area contributed by atoms with E-state index >= 15 is 0 Å². The van der Waals surface area contributed by atoms with Crippen LogP contribution in [0.4, 0.5) is 0 Å². The summed E-state index contributed by atoms with van der Waals surface area (Å²) in [4.78, 5) is 11.5. The second-order valence-electron chi connectivity index (χ2n) is 3.90. The SMILES string of the molecule is CCC(C)CC(=O)NC(CC)CCO. The first-order valence-electron chi connectivity index (χ1n) is 5.54. The van der Waals surface area contributed by atoms with Crippen molar-refractivity contribution < 1.29 is 9.90 Å². The largest absolute Gasteiger partial charge is 0.396 e. The minimum atomic E-state index is 0.111. The molecule has 0 heterocycles. The third-order valence-corrected chi connectivity index (χ3v) is 2.57. The number of rotatable bonds is 7. The summed E-state index contributed by atoms with van der Waals surface area (Å²) < 4.78 is 0. The van der Waals surface area contributed by atoms with Crippen molar-refractivity contribution in [1.29, 1.82) is 0 Å². The molecule has 2 atom stereocenters. The van der Waals surface area contributed by atoms with Crippen LogP contribution in [0.15, 0.2) is 0 Å². The van der Waals surface area contributed by atoms with Gasteiger partial charge in [-0.25, -0.2) is 0 Å². The maximum absolute atomic E-state index is 11.5. The van der Waals surface area contributed by atoms with Gasteiger partial charge in [0.15, 0.2) is 0 Å². The standard InChI is InChI=1S/C11H23NO2/c1-4-9(3)8-11(14)12-10(5-2)6-7-13/h9-10,13H,4-8H2,1-3H3,(H,12,14). The Morgan fingerprint density at radius 3 is 2.43 bits per heavy atom. The number of carbonyl (C=O) groups is 1. The smallest absolute Gasteiger partial charge is 0.220 e. The Bertz CT molecular complexity index is 159. The van der Waals surface area contributed by atoms with E-state index in [0.29, 0.717) is 18.8 Å². The molecule has 84 valence electrons. The Morgan fingerprint density at radius 1 is 1.36 bits per heavy atom. The first-order chi connectivity index (χ1) is 6.63.